The molecule has 6 heteroatoms. The summed E-state index contributed by atoms with van der Waals surface area (Å²) in [6, 6.07) is 0. The largest absolute Gasteiger partial charge is 0.469 e. The molecule has 1 saturated carbocycles. The summed E-state index contributed by atoms with van der Waals surface area (Å²) in [5, 5.41) is 30.7. The molecule has 1 fully saturated rings. The highest BCUT2D eigenvalue weighted by Crippen LogP contribution is 2.34. The number of Topliss-reactive ketones (excluding diaryl/α,β-unsaturated/α-hetero) is 1. The highest BCUT2D eigenvalue weighted by molar-refractivity contribution is 5.85. The fraction of sp³-hybridized carbons (Fsp3) is 0.810. The Bertz CT molecular complexity index is 487. The Morgan fingerprint density at radius 1 is 1.19 bits per heavy atom. The summed E-state index contributed by atoms with van der Waals surface area (Å²) in [5.41, 5.74) is 0. The van der Waals surface area contributed by atoms with E-state index in [9.17, 15) is 24.9 Å². The van der Waals surface area contributed by atoms with Crippen molar-refractivity contribution in [2.75, 3.05) is 7.11 Å². The number of ether oxygens (including phenoxy) is 1. The Balaban J connectivity index is 2.51. The second-order valence-electron chi connectivity index (χ2n) is 8.01. The van der Waals surface area contributed by atoms with Crippen LogP contribution in [0, 0.1) is 17.8 Å². The Hall–Kier alpha value is -1.24. The number of carbonyl (C=O) groups is 2. The summed E-state index contributed by atoms with van der Waals surface area (Å²) in [5.74, 6) is -0.965. The molecule has 3 N–H and O–H groups in total. The predicted molar refractivity (Wildman–Crippen MR) is 103 cm³/mol. The molecular weight excluding hydrogens is 348 g/mol. The number of aliphatic hydroxyl groups excluding tert-OH is 3. The van der Waals surface area contributed by atoms with Crippen molar-refractivity contribution < 1.29 is 29.6 Å². The zero-order chi connectivity index (χ0) is 20.4. The van der Waals surface area contributed by atoms with Gasteiger partial charge in [0, 0.05) is 18.8 Å². The average molecular weight is 385 g/mol. The van der Waals surface area contributed by atoms with E-state index < -0.39 is 30.1 Å². The van der Waals surface area contributed by atoms with E-state index in [4.69, 9.17) is 0 Å². The minimum atomic E-state index is -0.824. The number of methoxy groups -OCH3 is 1. The van der Waals surface area contributed by atoms with Gasteiger partial charge in [-0.2, -0.15) is 0 Å². The van der Waals surface area contributed by atoms with E-state index in [0.717, 1.165) is 12.8 Å². The van der Waals surface area contributed by atoms with Crippen molar-refractivity contribution >= 4 is 11.8 Å². The van der Waals surface area contributed by atoms with Crippen LogP contribution in [-0.2, 0) is 14.3 Å². The molecule has 5 atom stereocenters. The first kappa shape index (κ1) is 23.8. The zero-order valence-corrected chi connectivity index (χ0v) is 16.8. The molecule has 0 aromatic carbocycles. The minimum absolute atomic E-state index is 0.0428. The number of rotatable bonds is 12. The molecular formula is C21H36O6. The molecule has 0 aromatic heterocycles. The number of hydrogen-bond acceptors (Lipinski definition) is 6. The van der Waals surface area contributed by atoms with E-state index in [1.807, 2.05) is 0 Å². The maximum Gasteiger partial charge on any atom is 0.305 e. The van der Waals surface area contributed by atoms with Crippen molar-refractivity contribution in [3.8, 4) is 0 Å². The first-order valence-electron chi connectivity index (χ1n) is 10.1. The molecule has 0 amide bonds. The Labute approximate surface area is 162 Å². The van der Waals surface area contributed by atoms with Crippen LogP contribution in [0.2, 0.25) is 0 Å². The third kappa shape index (κ3) is 8.54. The van der Waals surface area contributed by atoms with Crippen molar-refractivity contribution in [3.63, 3.8) is 0 Å². The molecule has 0 bridgehead atoms. The molecule has 1 rings (SSSR count). The van der Waals surface area contributed by atoms with Gasteiger partial charge in [0.2, 0.25) is 0 Å². The minimum Gasteiger partial charge on any atom is -0.469 e. The summed E-state index contributed by atoms with van der Waals surface area (Å²) in [7, 11) is 1.36. The van der Waals surface area contributed by atoms with Gasteiger partial charge in [0.05, 0.1) is 31.3 Å². The van der Waals surface area contributed by atoms with Crippen LogP contribution in [0.1, 0.15) is 65.2 Å². The maximum atomic E-state index is 12.2. The molecule has 0 radical (unpaired) electrons. The molecule has 156 valence electrons. The Morgan fingerprint density at radius 2 is 1.89 bits per heavy atom. The van der Waals surface area contributed by atoms with Gasteiger partial charge in [-0.15, -0.1) is 0 Å². The van der Waals surface area contributed by atoms with E-state index in [2.05, 4.69) is 18.6 Å². The second kappa shape index (κ2) is 12.3. The summed E-state index contributed by atoms with van der Waals surface area (Å²) >= 11 is 0. The lowest BCUT2D eigenvalue weighted by Gasteiger charge is -2.23. The first-order chi connectivity index (χ1) is 12.8. The molecule has 1 aliphatic rings. The fourth-order valence-corrected chi connectivity index (χ4v) is 3.59. The standard InChI is InChI=1S/C21H36O6/c1-14(2)9-10-15(22)11-12-16-18(24)13-19(25)21(16)17(23)7-5-4-6-8-20(26)27-3/h11-12,14-18,21-24H,4-10,13H2,1-3H3. The summed E-state index contributed by atoms with van der Waals surface area (Å²) in [6.07, 6.45) is 5.64. The number of ketones is 1. The van der Waals surface area contributed by atoms with E-state index in [0.29, 0.717) is 38.0 Å². The van der Waals surface area contributed by atoms with Crippen molar-refractivity contribution in [1.82, 2.24) is 0 Å². The number of carbonyl (C=O) groups excluding carboxylic acids is 2. The molecule has 6 nitrogen and oxygen atoms in total. The number of esters is 1. The highest BCUT2D eigenvalue weighted by atomic mass is 16.5. The SMILES string of the molecule is COC(=O)CCCCCC(O)C1C(=O)CC(O)C1C=CC(O)CCC(C)C. The smallest absolute Gasteiger partial charge is 0.305 e. The van der Waals surface area contributed by atoms with Crippen LogP contribution in [0.5, 0.6) is 0 Å². The van der Waals surface area contributed by atoms with E-state index in [1.165, 1.54) is 7.11 Å². The third-order valence-electron chi connectivity index (χ3n) is 5.26. The van der Waals surface area contributed by atoms with Crippen LogP contribution in [0.4, 0.5) is 0 Å². The van der Waals surface area contributed by atoms with Gasteiger partial charge in [0.25, 0.3) is 0 Å². The molecule has 0 aromatic rings. The van der Waals surface area contributed by atoms with Gasteiger partial charge in [-0.1, -0.05) is 38.8 Å². The lowest BCUT2D eigenvalue weighted by atomic mass is 9.86. The van der Waals surface area contributed by atoms with Crippen LogP contribution in [0.15, 0.2) is 12.2 Å². The van der Waals surface area contributed by atoms with Crippen molar-refractivity contribution in [2.24, 2.45) is 17.8 Å². The molecule has 27 heavy (non-hydrogen) atoms. The Kier molecular flexibility index (Phi) is 10.8. The van der Waals surface area contributed by atoms with Crippen LogP contribution < -0.4 is 0 Å². The number of hydrogen-bond donors (Lipinski definition) is 3. The molecule has 0 saturated heterocycles. The molecule has 0 heterocycles. The zero-order valence-electron chi connectivity index (χ0n) is 16.8. The van der Waals surface area contributed by atoms with E-state index >= 15 is 0 Å². The first-order valence-corrected chi connectivity index (χ1v) is 10.1. The summed E-state index contributed by atoms with van der Waals surface area (Å²) in [6.45, 7) is 4.18. The summed E-state index contributed by atoms with van der Waals surface area (Å²) in [4.78, 5) is 23.3. The van der Waals surface area contributed by atoms with E-state index in [-0.39, 0.29) is 18.2 Å². The normalized spacial score (nSPS) is 25.3. The van der Waals surface area contributed by atoms with Crippen LogP contribution >= 0.6 is 0 Å². The monoisotopic (exact) mass is 384 g/mol. The van der Waals surface area contributed by atoms with Gasteiger partial charge in [-0.3, -0.25) is 9.59 Å². The van der Waals surface area contributed by atoms with Gasteiger partial charge in [0.1, 0.15) is 5.78 Å². The van der Waals surface area contributed by atoms with Gasteiger partial charge < -0.3 is 20.1 Å². The lowest BCUT2D eigenvalue weighted by Crippen LogP contribution is -2.30. The molecule has 0 spiro atoms. The third-order valence-corrected chi connectivity index (χ3v) is 5.26. The molecule has 0 aliphatic heterocycles. The Morgan fingerprint density at radius 3 is 2.52 bits per heavy atom. The fourth-order valence-electron chi connectivity index (χ4n) is 3.59. The van der Waals surface area contributed by atoms with Crippen molar-refractivity contribution in [2.45, 2.75) is 83.5 Å². The predicted octanol–water partition coefficient (Wildman–Crippen LogP) is 2.39. The van der Waals surface area contributed by atoms with Gasteiger partial charge in [0.15, 0.2) is 0 Å². The second-order valence-corrected chi connectivity index (χ2v) is 8.01. The van der Waals surface area contributed by atoms with Gasteiger partial charge in [-0.05, 0) is 31.6 Å². The lowest BCUT2D eigenvalue weighted by molar-refractivity contribution is -0.140. The number of unbranched alkanes of at least 4 members (excludes halogenated alkanes) is 2. The average Bonchev–Trinajstić information content (AvgIpc) is 2.90. The van der Waals surface area contributed by atoms with Crippen molar-refractivity contribution in [3.05, 3.63) is 12.2 Å². The summed E-state index contributed by atoms with van der Waals surface area (Å²) < 4.78 is 4.59. The maximum absolute atomic E-state index is 12.2. The highest BCUT2D eigenvalue weighted by Gasteiger charge is 2.43. The van der Waals surface area contributed by atoms with Crippen LogP contribution in [0.25, 0.3) is 0 Å². The quantitative estimate of drug-likeness (QED) is 0.271. The van der Waals surface area contributed by atoms with Crippen LogP contribution in [0.3, 0.4) is 0 Å². The van der Waals surface area contributed by atoms with Crippen LogP contribution in [-0.4, -0.2) is 52.5 Å². The topological polar surface area (TPSA) is 104 Å². The van der Waals surface area contributed by atoms with Gasteiger partial charge >= 0.3 is 5.97 Å². The van der Waals surface area contributed by atoms with E-state index in [1.54, 1.807) is 12.2 Å². The van der Waals surface area contributed by atoms with Gasteiger partial charge in [-0.25, -0.2) is 0 Å². The molecule has 1 aliphatic carbocycles. The molecule has 5 unspecified atom stereocenters. The number of aliphatic hydroxyl groups is 3. The van der Waals surface area contributed by atoms with Crippen molar-refractivity contribution in [1.29, 1.82) is 0 Å².